The fourth-order valence-electron chi connectivity index (χ4n) is 2.20. The maximum absolute atomic E-state index is 12.3. The molecule has 1 N–H and O–H groups in total. The molecule has 2 aromatic heterocycles. The van der Waals surface area contributed by atoms with Crippen molar-refractivity contribution in [3.05, 3.63) is 57.5 Å². The Labute approximate surface area is 158 Å². The third-order valence-corrected chi connectivity index (χ3v) is 4.69. The molecule has 2 heterocycles. The Balaban J connectivity index is 1.64. The Morgan fingerprint density at radius 1 is 1.32 bits per heavy atom. The molecular weight excluding hydrogens is 408 g/mol. The summed E-state index contributed by atoms with van der Waals surface area (Å²) in [4.78, 5) is 16.5. The van der Waals surface area contributed by atoms with Crippen molar-refractivity contribution in [2.24, 2.45) is 0 Å². The molecule has 0 radical (unpaired) electrons. The van der Waals surface area contributed by atoms with Crippen LogP contribution in [0.15, 0.2) is 41.3 Å². The predicted molar refractivity (Wildman–Crippen MR) is 98.6 cm³/mol. The highest BCUT2D eigenvalue weighted by molar-refractivity contribution is 9.10. The number of hydrogen-bond donors (Lipinski definition) is 1. The van der Waals surface area contributed by atoms with Crippen molar-refractivity contribution in [2.45, 2.75) is 26.4 Å². The summed E-state index contributed by atoms with van der Waals surface area (Å²) in [5.74, 6) is 0.0213. The summed E-state index contributed by atoms with van der Waals surface area (Å²) in [6.45, 7) is 4.17. The molecule has 9 heteroatoms. The molecule has 25 heavy (non-hydrogen) atoms. The van der Waals surface area contributed by atoms with Crippen LogP contribution in [0.5, 0.6) is 0 Å². The van der Waals surface area contributed by atoms with Crippen molar-refractivity contribution in [3.8, 4) is 0 Å². The fraction of sp³-hybridized carbons (Fsp3) is 0.250. The van der Waals surface area contributed by atoms with E-state index in [9.17, 15) is 4.79 Å². The van der Waals surface area contributed by atoms with Gasteiger partial charge in [0, 0.05) is 11.2 Å². The van der Waals surface area contributed by atoms with Crippen molar-refractivity contribution < 1.29 is 4.79 Å². The second-order valence-electron chi connectivity index (χ2n) is 5.60. The predicted octanol–water partition coefficient (Wildman–Crippen LogP) is 3.45. The van der Waals surface area contributed by atoms with Crippen LogP contribution in [0.2, 0.25) is 5.02 Å². The first-order valence-electron chi connectivity index (χ1n) is 7.58. The van der Waals surface area contributed by atoms with Gasteiger partial charge in [0.25, 0.3) is 5.91 Å². The first-order valence-corrected chi connectivity index (χ1v) is 8.75. The molecule has 1 aromatic carbocycles. The average molecular weight is 424 g/mol. The van der Waals surface area contributed by atoms with E-state index >= 15 is 0 Å². The molecule has 3 aromatic rings. The Hall–Kier alpha value is -2.19. The van der Waals surface area contributed by atoms with Crippen molar-refractivity contribution >= 4 is 39.4 Å². The molecule has 1 atom stereocenters. The Morgan fingerprint density at radius 3 is 2.68 bits per heavy atom. The molecule has 3 rings (SSSR count). The summed E-state index contributed by atoms with van der Waals surface area (Å²) in [6.07, 6.45) is 3.34. The van der Waals surface area contributed by atoms with Crippen LogP contribution in [0.1, 0.15) is 24.2 Å². The Morgan fingerprint density at radius 2 is 2.04 bits per heavy atom. The maximum atomic E-state index is 12.3. The van der Waals surface area contributed by atoms with Gasteiger partial charge in [0.05, 0.1) is 16.7 Å². The number of anilines is 1. The number of carbonyl (C=O) groups is 1. The van der Waals surface area contributed by atoms with Crippen LogP contribution in [-0.4, -0.2) is 30.5 Å². The molecular formula is C16H16BrClN6O. The molecule has 0 aliphatic carbocycles. The molecule has 0 saturated heterocycles. The molecule has 1 amide bonds. The minimum atomic E-state index is -0.479. The zero-order valence-corrected chi connectivity index (χ0v) is 16.0. The number of hydrogen-bond acceptors (Lipinski definition) is 4. The lowest BCUT2D eigenvalue weighted by Gasteiger charge is -2.10. The summed E-state index contributed by atoms with van der Waals surface area (Å²) in [7, 11) is 0. The summed E-state index contributed by atoms with van der Waals surface area (Å²) in [5.41, 5.74) is 1.86. The maximum Gasteiger partial charge on any atom is 0.251 e. The Bertz CT molecular complexity index is 869. The first-order chi connectivity index (χ1) is 11.9. The van der Waals surface area contributed by atoms with E-state index < -0.39 is 6.04 Å². The van der Waals surface area contributed by atoms with Crippen molar-refractivity contribution in [1.82, 2.24) is 24.5 Å². The molecule has 0 aliphatic rings. The van der Waals surface area contributed by atoms with Crippen LogP contribution in [-0.2, 0) is 11.3 Å². The minimum Gasteiger partial charge on any atom is -0.291 e. The van der Waals surface area contributed by atoms with E-state index in [2.05, 4.69) is 36.4 Å². The molecule has 0 spiro atoms. The van der Waals surface area contributed by atoms with Gasteiger partial charge < -0.3 is 0 Å². The SMILES string of the molecule is Cc1nn(C(C)C(=O)Nc2ncn(Cc3ccc(Cl)cc3)n2)cc1Br. The largest absolute Gasteiger partial charge is 0.291 e. The van der Waals surface area contributed by atoms with Gasteiger partial charge in [-0.2, -0.15) is 5.10 Å². The number of carbonyl (C=O) groups excluding carboxylic acids is 1. The topological polar surface area (TPSA) is 77.6 Å². The zero-order valence-electron chi connectivity index (χ0n) is 13.6. The van der Waals surface area contributed by atoms with Crippen molar-refractivity contribution in [1.29, 1.82) is 0 Å². The Kier molecular flexibility index (Phi) is 5.19. The highest BCUT2D eigenvalue weighted by Crippen LogP contribution is 2.17. The number of amides is 1. The van der Waals surface area contributed by atoms with Gasteiger partial charge in [-0.25, -0.2) is 9.67 Å². The van der Waals surface area contributed by atoms with E-state index in [-0.39, 0.29) is 11.9 Å². The average Bonchev–Trinajstić information content (AvgIpc) is 3.15. The van der Waals surface area contributed by atoms with Crippen LogP contribution in [0, 0.1) is 6.92 Å². The second-order valence-corrected chi connectivity index (χ2v) is 6.89. The smallest absolute Gasteiger partial charge is 0.251 e. The summed E-state index contributed by atoms with van der Waals surface area (Å²) in [6, 6.07) is 7.00. The quantitative estimate of drug-likeness (QED) is 0.682. The van der Waals surface area contributed by atoms with Gasteiger partial charge >= 0.3 is 0 Å². The van der Waals surface area contributed by atoms with E-state index in [1.54, 1.807) is 28.8 Å². The van der Waals surface area contributed by atoms with Crippen LogP contribution in [0.4, 0.5) is 5.95 Å². The number of halogens is 2. The monoisotopic (exact) mass is 422 g/mol. The van der Waals surface area contributed by atoms with Crippen molar-refractivity contribution in [3.63, 3.8) is 0 Å². The number of aromatic nitrogens is 5. The molecule has 0 fully saturated rings. The fourth-order valence-corrected chi connectivity index (χ4v) is 2.61. The zero-order chi connectivity index (χ0) is 18.0. The van der Waals surface area contributed by atoms with Crippen molar-refractivity contribution in [2.75, 3.05) is 5.32 Å². The van der Waals surface area contributed by atoms with E-state index in [0.717, 1.165) is 15.7 Å². The number of aryl methyl sites for hydroxylation is 1. The van der Waals surface area contributed by atoms with E-state index in [4.69, 9.17) is 11.6 Å². The van der Waals surface area contributed by atoms with Crippen LogP contribution in [0.3, 0.4) is 0 Å². The normalized spacial score (nSPS) is 12.2. The number of nitrogens with zero attached hydrogens (tertiary/aromatic N) is 5. The van der Waals surface area contributed by atoms with Crippen LogP contribution >= 0.6 is 27.5 Å². The van der Waals surface area contributed by atoms with Gasteiger partial charge in [-0.15, -0.1) is 5.10 Å². The summed E-state index contributed by atoms with van der Waals surface area (Å²) >= 11 is 9.26. The van der Waals surface area contributed by atoms with Gasteiger partial charge in [-0.1, -0.05) is 23.7 Å². The molecule has 7 nitrogen and oxygen atoms in total. The highest BCUT2D eigenvalue weighted by atomic mass is 79.9. The first kappa shape index (κ1) is 17.6. The summed E-state index contributed by atoms with van der Waals surface area (Å²) < 4.78 is 4.11. The highest BCUT2D eigenvalue weighted by Gasteiger charge is 2.18. The summed E-state index contributed by atoms with van der Waals surface area (Å²) in [5, 5.41) is 12.0. The van der Waals surface area contributed by atoms with Crippen LogP contribution < -0.4 is 5.32 Å². The van der Waals surface area contributed by atoms with E-state index in [1.807, 2.05) is 31.2 Å². The third kappa shape index (κ3) is 4.26. The standard InChI is InChI=1S/C16H16BrClN6O/c1-10-14(17)8-24(21-10)11(2)15(25)20-16-19-9-23(22-16)7-12-3-5-13(18)6-4-12/h3-6,8-9,11H,7H2,1-2H3,(H,20,22,25). The molecule has 130 valence electrons. The molecule has 0 saturated carbocycles. The number of benzene rings is 1. The van der Waals surface area contributed by atoms with Gasteiger partial charge in [0.1, 0.15) is 12.4 Å². The molecule has 0 aliphatic heterocycles. The van der Waals surface area contributed by atoms with Gasteiger partial charge in [0.15, 0.2) is 0 Å². The number of rotatable bonds is 5. The number of nitrogens with one attached hydrogen (secondary N) is 1. The lowest BCUT2D eigenvalue weighted by atomic mass is 10.2. The van der Waals surface area contributed by atoms with Gasteiger partial charge in [0.2, 0.25) is 5.95 Å². The van der Waals surface area contributed by atoms with Crippen LogP contribution in [0.25, 0.3) is 0 Å². The molecule has 1 unspecified atom stereocenters. The van der Waals surface area contributed by atoms with Gasteiger partial charge in [-0.3, -0.25) is 14.8 Å². The third-order valence-electron chi connectivity index (χ3n) is 3.66. The lowest BCUT2D eigenvalue weighted by Crippen LogP contribution is -2.24. The lowest BCUT2D eigenvalue weighted by molar-refractivity contribution is -0.119. The minimum absolute atomic E-state index is 0.237. The van der Waals surface area contributed by atoms with E-state index in [1.165, 1.54) is 0 Å². The van der Waals surface area contributed by atoms with Gasteiger partial charge in [-0.05, 0) is 47.5 Å². The molecule has 0 bridgehead atoms. The second kappa shape index (κ2) is 7.37. The van der Waals surface area contributed by atoms with E-state index in [0.29, 0.717) is 11.6 Å².